The van der Waals surface area contributed by atoms with Crippen LogP contribution in [0.1, 0.15) is 20.0 Å². The highest BCUT2D eigenvalue weighted by atomic mass is 32.1. The summed E-state index contributed by atoms with van der Waals surface area (Å²) in [6.07, 6.45) is -4.91. The van der Waals surface area contributed by atoms with E-state index in [4.69, 9.17) is 5.90 Å². The second kappa shape index (κ2) is 5.66. The van der Waals surface area contributed by atoms with Gasteiger partial charge in [-0.3, -0.25) is 4.79 Å². The van der Waals surface area contributed by atoms with Gasteiger partial charge >= 0.3 is 12.1 Å². The van der Waals surface area contributed by atoms with E-state index in [0.717, 1.165) is 6.07 Å². The maximum absolute atomic E-state index is 12.3. The SMILES string of the molecule is NOC(=O)c1cccc(-c2csc(C(=O)C(F)(F)F)c2)c1. The average molecular weight is 315 g/mol. The summed E-state index contributed by atoms with van der Waals surface area (Å²) in [4.78, 5) is 26.1. The number of halogens is 3. The Hall–Kier alpha value is -2.19. The van der Waals surface area contributed by atoms with Gasteiger partial charge in [0.1, 0.15) is 0 Å². The molecule has 1 aromatic carbocycles. The van der Waals surface area contributed by atoms with E-state index >= 15 is 0 Å². The third-order valence-electron chi connectivity index (χ3n) is 2.62. The molecule has 0 bridgehead atoms. The number of alkyl halides is 3. The normalized spacial score (nSPS) is 11.2. The number of hydrogen-bond donors (Lipinski definition) is 1. The van der Waals surface area contributed by atoms with Crippen molar-refractivity contribution in [1.29, 1.82) is 0 Å². The fourth-order valence-corrected chi connectivity index (χ4v) is 2.52. The molecule has 0 aliphatic carbocycles. The van der Waals surface area contributed by atoms with Crippen LogP contribution in [-0.4, -0.2) is 17.9 Å². The zero-order chi connectivity index (χ0) is 15.6. The molecule has 0 aliphatic heterocycles. The van der Waals surface area contributed by atoms with Crippen LogP contribution in [0, 0.1) is 0 Å². The molecular weight excluding hydrogens is 307 g/mol. The molecule has 4 nitrogen and oxygen atoms in total. The monoisotopic (exact) mass is 315 g/mol. The van der Waals surface area contributed by atoms with Crippen molar-refractivity contribution in [3.05, 3.63) is 46.2 Å². The highest BCUT2D eigenvalue weighted by Crippen LogP contribution is 2.30. The van der Waals surface area contributed by atoms with Crippen LogP contribution in [-0.2, 0) is 4.84 Å². The van der Waals surface area contributed by atoms with Crippen molar-refractivity contribution in [3.63, 3.8) is 0 Å². The van der Waals surface area contributed by atoms with Gasteiger partial charge in [-0.15, -0.1) is 11.3 Å². The highest BCUT2D eigenvalue weighted by molar-refractivity contribution is 7.12. The molecule has 21 heavy (non-hydrogen) atoms. The van der Waals surface area contributed by atoms with Gasteiger partial charge in [0.2, 0.25) is 0 Å². The molecule has 1 heterocycles. The maximum atomic E-state index is 12.3. The van der Waals surface area contributed by atoms with Crippen LogP contribution in [0.3, 0.4) is 0 Å². The quantitative estimate of drug-likeness (QED) is 0.697. The lowest BCUT2D eigenvalue weighted by molar-refractivity contribution is -0.0882. The predicted octanol–water partition coefficient (Wildman–Crippen LogP) is 3.19. The minimum atomic E-state index is -4.91. The minimum Gasteiger partial charge on any atom is -0.370 e. The van der Waals surface area contributed by atoms with E-state index in [9.17, 15) is 22.8 Å². The summed E-state index contributed by atoms with van der Waals surface area (Å²) in [6, 6.07) is 7.13. The topological polar surface area (TPSA) is 69.4 Å². The first-order valence-electron chi connectivity index (χ1n) is 5.54. The number of ketones is 1. The molecule has 0 aliphatic rings. The van der Waals surface area contributed by atoms with Crippen molar-refractivity contribution in [2.75, 3.05) is 0 Å². The zero-order valence-electron chi connectivity index (χ0n) is 10.3. The van der Waals surface area contributed by atoms with Crippen molar-refractivity contribution < 1.29 is 27.6 Å². The molecule has 0 fully saturated rings. The molecule has 0 atom stereocenters. The summed E-state index contributed by atoms with van der Waals surface area (Å²) in [7, 11) is 0. The van der Waals surface area contributed by atoms with Gasteiger partial charge in [-0.1, -0.05) is 12.1 Å². The fraction of sp³-hybridized carbons (Fsp3) is 0.0769. The van der Waals surface area contributed by atoms with E-state index in [1.54, 1.807) is 6.07 Å². The van der Waals surface area contributed by atoms with Crippen molar-refractivity contribution in [2.24, 2.45) is 5.90 Å². The number of carbonyl (C=O) groups is 2. The lowest BCUT2D eigenvalue weighted by Crippen LogP contribution is -2.21. The van der Waals surface area contributed by atoms with Crippen molar-refractivity contribution in [2.45, 2.75) is 6.18 Å². The third kappa shape index (κ3) is 3.29. The van der Waals surface area contributed by atoms with Crippen molar-refractivity contribution >= 4 is 23.1 Å². The first-order chi connectivity index (χ1) is 9.82. The largest absolute Gasteiger partial charge is 0.455 e. The Morgan fingerprint density at radius 3 is 2.48 bits per heavy atom. The first kappa shape index (κ1) is 15.2. The Bertz CT molecular complexity index is 694. The molecular formula is C13H8F3NO3S. The molecule has 2 aromatic rings. The van der Waals surface area contributed by atoms with Gasteiger partial charge in [0.05, 0.1) is 10.4 Å². The summed E-state index contributed by atoms with van der Waals surface area (Å²) in [5.41, 5.74) is 1.04. The predicted molar refractivity (Wildman–Crippen MR) is 69.7 cm³/mol. The zero-order valence-corrected chi connectivity index (χ0v) is 11.1. The summed E-state index contributed by atoms with van der Waals surface area (Å²) in [5.74, 6) is 2.11. The van der Waals surface area contributed by atoms with Crippen LogP contribution in [0.2, 0.25) is 0 Å². The maximum Gasteiger partial charge on any atom is 0.455 e. The van der Waals surface area contributed by atoms with Gasteiger partial charge in [0, 0.05) is 0 Å². The van der Waals surface area contributed by atoms with Gasteiger partial charge in [-0.05, 0) is 34.7 Å². The molecule has 2 N–H and O–H groups in total. The molecule has 0 unspecified atom stereocenters. The highest BCUT2D eigenvalue weighted by Gasteiger charge is 2.40. The second-order valence-corrected chi connectivity index (χ2v) is 4.92. The molecule has 0 saturated carbocycles. The van der Waals surface area contributed by atoms with Crippen LogP contribution in [0.15, 0.2) is 35.7 Å². The van der Waals surface area contributed by atoms with Gasteiger partial charge in [-0.2, -0.15) is 19.1 Å². The van der Waals surface area contributed by atoms with E-state index in [2.05, 4.69) is 4.84 Å². The number of thiophene rings is 1. The number of benzene rings is 1. The van der Waals surface area contributed by atoms with E-state index in [0.29, 0.717) is 22.5 Å². The molecule has 8 heteroatoms. The Kier molecular flexibility index (Phi) is 4.10. The number of Topliss-reactive ketones (excluding diaryl/α,β-unsaturated/α-hetero) is 1. The van der Waals surface area contributed by atoms with Crippen molar-refractivity contribution in [1.82, 2.24) is 0 Å². The number of rotatable bonds is 3. The van der Waals surface area contributed by atoms with Crippen LogP contribution in [0.4, 0.5) is 13.2 Å². The first-order valence-corrected chi connectivity index (χ1v) is 6.42. The molecule has 1 aromatic heterocycles. The Morgan fingerprint density at radius 1 is 1.14 bits per heavy atom. The van der Waals surface area contributed by atoms with Crippen LogP contribution in [0.25, 0.3) is 11.1 Å². The second-order valence-electron chi connectivity index (χ2n) is 4.01. The molecule has 0 amide bonds. The lowest BCUT2D eigenvalue weighted by Gasteiger charge is -2.02. The van der Waals surface area contributed by atoms with Crippen molar-refractivity contribution in [3.8, 4) is 11.1 Å². The lowest BCUT2D eigenvalue weighted by atomic mass is 10.1. The molecule has 0 radical (unpaired) electrons. The minimum absolute atomic E-state index is 0.157. The van der Waals surface area contributed by atoms with Gasteiger partial charge in [0.15, 0.2) is 0 Å². The van der Waals surface area contributed by atoms with E-state index in [1.807, 2.05) is 0 Å². The standard InChI is InChI=1S/C13H8F3NO3S/c14-13(15,16)11(18)10-5-9(6-21-10)7-2-1-3-8(4-7)12(19)20-17/h1-6H,17H2. The van der Waals surface area contributed by atoms with Crippen LogP contribution >= 0.6 is 11.3 Å². The summed E-state index contributed by atoms with van der Waals surface area (Å²) >= 11 is 0.689. The van der Waals surface area contributed by atoms with E-state index in [-0.39, 0.29) is 5.56 Å². The fourth-order valence-electron chi connectivity index (χ4n) is 1.64. The molecule has 0 saturated heterocycles. The summed E-state index contributed by atoms with van der Waals surface area (Å²) < 4.78 is 37.0. The molecule has 110 valence electrons. The number of carbonyl (C=O) groups excluding carboxylic acids is 2. The molecule has 0 spiro atoms. The Labute approximate surface area is 120 Å². The Morgan fingerprint density at radius 2 is 1.86 bits per heavy atom. The van der Waals surface area contributed by atoms with Crippen LogP contribution in [0.5, 0.6) is 0 Å². The average Bonchev–Trinajstić information content (AvgIpc) is 2.94. The van der Waals surface area contributed by atoms with E-state index < -0.39 is 22.8 Å². The summed E-state index contributed by atoms with van der Waals surface area (Å²) in [6.45, 7) is 0. The van der Waals surface area contributed by atoms with Gasteiger partial charge in [-0.25, -0.2) is 4.79 Å². The van der Waals surface area contributed by atoms with Gasteiger partial charge in [0.25, 0.3) is 5.78 Å². The van der Waals surface area contributed by atoms with E-state index in [1.165, 1.54) is 23.6 Å². The molecule has 2 rings (SSSR count). The van der Waals surface area contributed by atoms with Gasteiger partial charge < -0.3 is 4.84 Å². The summed E-state index contributed by atoms with van der Waals surface area (Å²) in [5, 5.41) is 1.41. The smallest absolute Gasteiger partial charge is 0.370 e. The number of hydrogen-bond acceptors (Lipinski definition) is 5. The Balaban J connectivity index is 2.34. The third-order valence-corrected chi connectivity index (χ3v) is 3.55. The number of nitrogens with two attached hydrogens (primary N) is 1. The van der Waals surface area contributed by atoms with Crippen LogP contribution < -0.4 is 5.90 Å².